The van der Waals surface area contributed by atoms with Crippen LogP contribution in [0.25, 0.3) is 0 Å². The maximum Gasteiger partial charge on any atom is 0.323 e. The third-order valence-corrected chi connectivity index (χ3v) is 5.87. The van der Waals surface area contributed by atoms with Crippen molar-refractivity contribution in [2.24, 2.45) is 0 Å². The molecular weight excluding hydrogens is 300 g/mol. The lowest BCUT2D eigenvalue weighted by atomic mass is 10.1. The lowest BCUT2D eigenvalue weighted by molar-refractivity contribution is 0.215. The van der Waals surface area contributed by atoms with Gasteiger partial charge >= 0.3 is 6.03 Å². The van der Waals surface area contributed by atoms with Gasteiger partial charge in [-0.25, -0.2) is 4.79 Å². The van der Waals surface area contributed by atoms with Gasteiger partial charge in [-0.05, 0) is 35.6 Å². The molecule has 3 nitrogen and oxygen atoms in total. The molecular formula is C16H18N2OS2. The Morgan fingerprint density at radius 3 is 2.81 bits per heavy atom. The summed E-state index contributed by atoms with van der Waals surface area (Å²) in [5, 5.41) is 5.22. The number of urea groups is 1. The number of benzene rings is 1. The quantitative estimate of drug-likeness (QED) is 0.897. The molecule has 1 atom stereocenters. The number of hydrogen-bond acceptors (Lipinski definition) is 3. The van der Waals surface area contributed by atoms with E-state index in [1.165, 1.54) is 10.4 Å². The van der Waals surface area contributed by atoms with E-state index in [0.717, 1.165) is 24.4 Å². The van der Waals surface area contributed by atoms with Gasteiger partial charge in [0, 0.05) is 22.9 Å². The molecule has 1 aromatic carbocycles. The van der Waals surface area contributed by atoms with Crippen molar-refractivity contribution in [2.75, 3.05) is 17.6 Å². The number of carbonyl (C=O) groups excluding carboxylic acids is 1. The topological polar surface area (TPSA) is 32.3 Å². The molecule has 1 aromatic heterocycles. The summed E-state index contributed by atoms with van der Waals surface area (Å²) < 4.78 is 0. The third kappa shape index (κ3) is 3.24. The second kappa shape index (κ2) is 6.54. The van der Waals surface area contributed by atoms with Crippen molar-refractivity contribution < 1.29 is 4.79 Å². The van der Waals surface area contributed by atoms with E-state index in [1.807, 2.05) is 34.9 Å². The van der Waals surface area contributed by atoms with Crippen LogP contribution in [-0.4, -0.2) is 23.2 Å². The van der Waals surface area contributed by atoms with Gasteiger partial charge in [0.1, 0.15) is 5.37 Å². The third-order valence-electron chi connectivity index (χ3n) is 3.55. The molecule has 1 aliphatic rings. The molecule has 0 aliphatic carbocycles. The predicted molar refractivity (Wildman–Crippen MR) is 91.1 cm³/mol. The number of anilines is 1. The minimum Gasteiger partial charge on any atom is -0.308 e. The van der Waals surface area contributed by atoms with Gasteiger partial charge in [-0.15, -0.1) is 23.1 Å². The number of amides is 2. The molecule has 0 radical (unpaired) electrons. The number of rotatable bonds is 3. The molecule has 2 aromatic rings. The first kappa shape index (κ1) is 14.5. The predicted octanol–water partition coefficient (Wildman–Crippen LogP) is 4.59. The van der Waals surface area contributed by atoms with E-state index in [9.17, 15) is 4.79 Å². The van der Waals surface area contributed by atoms with Crippen molar-refractivity contribution in [3.8, 4) is 0 Å². The summed E-state index contributed by atoms with van der Waals surface area (Å²) in [5.74, 6) is 0.991. The van der Waals surface area contributed by atoms with E-state index in [0.29, 0.717) is 0 Å². The largest absolute Gasteiger partial charge is 0.323 e. The number of carbonyl (C=O) groups is 1. The first-order chi connectivity index (χ1) is 10.3. The molecule has 2 heterocycles. The van der Waals surface area contributed by atoms with Crippen LogP contribution < -0.4 is 5.32 Å². The van der Waals surface area contributed by atoms with Crippen molar-refractivity contribution >= 4 is 34.8 Å². The fourth-order valence-electron chi connectivity index (χ4n) is 2.36. The molecule has 1 unspecified atom stereocenters. The number of thiophene rings is 1. The van der Waals surface area contributed by atoms with Gasteiger partial charge < -0.3 is 10.2 Å². The summed E-state index contributed by atoms with van der Waals surface area (Å²) in [6, 6.07) is 12.2. The Morgan fingerprint density at radius 1 is 1.33 bits per heavy atom. The number of thioether (sulfide) groups is 1. The second-order valence-electron chi connectivity index (χ2n) is 4.91. The normalized spacial score (nSPS) is 18.0. The zero-order chi connectivity index (χ0) is 14.7. The molecule has 1 saturated heterocycles. The first-order valence-electron chi connectivity index (χ1n) is 7.09. The van der Waals surface area contributed by atoms with E-state index in [-0.39, 0.29) is 11.4 Å². The van der Waals surface area contributed by atoms with Crippen molar-refractivity contribution in [1.82, 2.24) is 4.90 Å². The number of hydrogen-bond donors (Lipinski definition) is 1. The molecule has 1 fully saturated rings. The van der Waals surface area contributed by atoms with Crippen LogP contribution in [0.5, 0.6) is 0 Å². The molecule has 2 amide bonds. The average Bonchev–Trinajstić information content (AvgIpc) is 3.18. The Labute approximate surface area is 133 Å². The zero-order valence-electron chi connectivity index (χ0n) is 11.9. The molecule has 0 bridgehead atoms. The van der Waals surface area contributed by atoms with Gasteiger partial charge in [0.15, 0.2) is 0 Å². The van der Waals surface area contributed by atoms with Gasteiger partial charge in [-0.1, -0.05) is 25.1 Å². The van der Waals surface area contributed by atoms with Crippen LogP contribution in [0, 0.1) is 0 Å². The summed E-state index contributed by atoms with van der Waals surface area (Å²) in [6.45, 7) is 2.92. The highest BCUT2D eigenvalue weighted by molar-refractivity contribution is 7.99. The Kier molecular flexibility index (Phi) is 4.51. The van der Waals surface area contributed by atoms with Crippen LogP contribution in [-0.2, 0) is 6.42 Å². The van der Waals surface area contributed by atoms with Crippen molar-refractivity contribution in [1.29, 1.82) is 0 Å². The number of nitrogens with zero attached hydrogens (tertiary/aromatic N) is 1. The fraction of sp³-hybridized carbons (Fsp3) is 0.312. The molecule has 1 aliphatic heterocycles. The lowest BCUT2D eigenvalue weighted by Gasteiger charge is -2.23. The monoisotopic (exact) mass is 318 g/mol. The van der Waals surface area contributed by atoms with Gasteiger partial charge in [-0.2, -0.15) is 0 Å². The maximum atomic E-state index is 12.5. The van der Waals surface area contributed by atoms with Crippen LogP contribution in [0.15, 0.2) is 41.8 Å². The lowest BCUT2D eigenvalue weighted by Crippen LogP contribution is -2.34. The van der Waals surface area contributed by atoms with Crippen LogP contribution in [0.3, 0.4) is 0 Å². The van der Waals surface area contributed by atoms with Gasteiger partial charge in [-0.3, -0.25) is 0 Å². The smallest absolute Gasteiger partial charge is 0.308 e. The Hall–Kier alpha value is -1.46. The molecule has 5 heteroatoms. The Bertz CT molecular complexity index is 595. The molecule has 0 saturated carbocycles. The summed E-state index contributed by atoms with van der Waals surface area (Å²) in [5.41, 5.74) is 2.14. The highest BCUT2D eigenvalue weighted by atomic mass is 32.2. The minimum absolute atomic E-state index is 0.0114. The van der Waals surface area contributed by atoms with E-state index in [4.69, 9.17) is 0 Å². The molecule has 3 rings (SSSR count). The van der Waals surface area contributed by atoms with E-state index in [1.54, 1.807) is 11.3 Å². The first-order valence-corrected chi connectivity index (χ1v) is 9.02. The van der Waals surface area contributed by atoms with Gasteiger partial charge in [0.2, 0.25) is 0 Å². The highest BCUT2D eigenvalue weighted by Gasteiger charge is 2.31. The number of aryl methyl sites for hydroxylation is 1. The van der Waals surface area contributed by atoms with Gasteiger partial charge in [0.25, 0.3) is 0 Å². The van der Waals surface area contributed by atoms with Crippen LogP contribution in [0.4, 0.5) is 10.5 Å². The fourth-order valence-corrected chi connectivity index (χ4v) is 4.60. The van der Waals surface area contributed by atoms with E-state index in [2.05, 4.69) is 35.8 Å². The highest BCUT2D eigenvalue weighted by Crippen LogP contribution is 2.40. The van der Waals surface area contributed by atoms with Crippen molar-refractivity contribution in [3.63, 3.8) is 0 Å². The van der Waals surface area contributed by atoms with Crippen LogP contribution >= 0.6 is 23.1 Å². The van der Waals surface area contributed by atoms with Crippen LogP contribution in [0.1, 0.15) is 22.7 Å². The standard InChI is InChI=1S/C16H18N2OS2/c1-2-12-5-7-13(8-6-12)17-16(19)18-9-11-21-15(18)14-4-3-10-20-14/h3-8,10,15H,2,9,11H2,1H3,(H,17,19). The van der Waals surface area contributed by atoms with E-state index < -0.39 is 0 Å². The zero-order valence-corrected chi connectivity index (χ0v) is 13.5. The van der Waals surface area contributed by atoms with E-state index >= 15 is 0 Å². The minimum atomic E-state index is -0.0114. The molecule has 21 heavy (non-hydrogen) atoms. The van der Waals surface area contributed by atoms with Crippen molar-refractivity contribution in [2.45, 2.75) is 18.7 Å². The SMILES string of the molecule is CCc1ccc(NC(=O)N2CCSC2c2cccs2)cc1. The Balaban J connectivity index is 1.69. The van der Waals surface area contributed by atoms with Crippen LogP contribution in [0.2, 0.25) is 0 Å². The molecule has 0 spiro atoms. The maximum absolute atomic E-state index is 12.5. The summed E-state index contributed by atoms with van der Waals surface area (Å²) in [7, 11) is 0. The Morgan fingerprint density at radius 2 is 2.14 bits per heavy atom. The summed E-state index contributed by atoms with van der Waals surface area (Å²) in [6.07, 6.45) is 1.01. The summed E-state index contributed by atoms with van der Waals surface area (Å²) >= 11 is 3.54. The number of nitrogens with one attached hydrogen (secondary N) is 1. The van der Waals surface area contributed by atoms with Crippen molar-refractivity contribution in [3.05, 3.63) is 52.2 Å². The summed E-state index contributed by atoms with van der Waals surface area (Å²) in [4.78, 5) is 15.6. The second-order valence-corrected chi connectivity index (χ2v) is 7.08. The van der Waals surface area contributed by atoms with Gasteiger partial charge in [0.05, 0.1) is 0 Å². The molecule has 1 N–H and O–H groups in total. The average molecular weight is 318 g/mol. The molecule has 110 valence electrons.